The molecule has 1 aliphatic rings. The number of imidazole rings is 1. The molecule has 0 amide bonds. The number of hydrogen-bond donors (Lipinski definition) is 2. The minimum atomic E-state index is -0.532. The Balaban J connectivity index is 1.47. The number of benzene rings is 1. The summed E-state index contributed by atoms with van der Waals surface area (Å²) in [6.45, 7) is 3.99. The van der Waals surface area contributed by atoms with Crippen molar-refractivity contribution in [3.05, 3.63) is 42.1 Å². The first-order valence-electron chi connectivity index (χ1n) is 10.3. The molecule has 0 atom stereocenters. The van der Waals surface area contributed by atoms with Crippen molar-refractivity contribution in [2.24, 2.45) is 0 Å². The monoisotopic (exact) mass is 422 g/mol. The number of rotatable bonds is 4. The normalized spacial score (nSPS) is 21.9. The van der Waals surface area contributed by atoms with Crippen molar-refractivity contribution in [1.29, 1.82) is 0 Å². The topological polar surface area (TPSA) is 71.7 Å². The van der Waals surface area contributed by atoms with Crippen LogP contribution in [0.5, 0.6) is 5.75 Å². The average Bonchev–Trinajstić information content (AvgIpc) is 3.32. The maximum absolute atomic E-state index is 10.2. The SMILES string of the molecule is COc1cc2sc(-c3cnc4ccc(NC5CCC(C)(O)CC5)nn34)cc2cc1C. The lowest BCUT2D eigenvalue weighted by molar-refractivity contribution is 0.0196. The molecule has 3 heterocycles. The standard InChI is InChI=1S/C23H26N4O2S/c1-14-10-15-11-20(30-19(15)12-18(14)29-3)17-13-24-22-5-4-21(26-27(17)22)25-16-6-8-23(2,28)9-7-16/h4-5,10-13,16,28H,6-9H2,1-3H3,(H,25,26). The molecule has 1 aromatic carbocycles. The van der Waals surface area contributed by atoms with Gasteiger partial charge in [0.1, 0.15) is 17.3 Å². The molecule has 1 saturated carbocycles. The van der Waals surface area contributed by atoms with Gasteiger partial charge in [-0.05, 0) is 80.8 Å². The van der Waals surface area contributed by atoms with Crippen LogP contribution in [0.3, 0.4) is 0 Å². The molecule has 1 fully saturated rings. The molecular formula is C23H26N4O2S. The summed E-state index contributed by atoms with van der Waals surface area (Å²) in [6.07, 6.45) is 5.41. The smallest absolute Gasteiger partial charge is 0.154 e. The van der Waals surface area contributed by atoms with Crippen LogP contribution >= 0.6 is 11.3 Å². The summed E-state index contributed by atoms with van der Waals surface area (Å²) in [5.41, 5.74) is 2.41. The fraction of sp³-hybridized carbons (Fsp3) is 0.391. The van der Waals surface area contributed by atoms with Gasteiger partial charge in [0.2, 0.25) is 0 Å². The Bertz CT molecular complexity index is 1220. The van der Waals surface area contributed by atoms with Crippen LogP contribution in [0.1, 0.15) is 38.2 Å². The predicted molar refractivity (Wildman–Crippen MR) is 122 cm³/mol. The number of methoxy groups -OCH3 is 1. The summed E-state index contributed by atoms with van der Waals surface area (Å²) in [5.74, 6) is 1.75. The molecule has 0 unspecified atom stereocenters. The van der Waals surface area contributed by atoms with Crippen LogP contribution in [0.25, 0.3) is 26.3 Å². The lowest BCUT2D eigenvalue weighted by Crippen LogP contribution is -2.36. The van der Waals surface area contributed by atoms with Crippen molar-refractivity contribution in [3.8, 4) is 16.3 Å². The van der Waals surface area contributed by atoms with E-state index in [1.165, 1.54) is 10.1 Å². The van der Waals surface area contributed by atoms with E-state index in [0.717, 1.165) is 59.0 Å². The van der Waals surface area contributed by atoms with Gasteiger partial charge in [0, 0.05) is 10.7 Å². The molecule has 0 radical (unpaired) electrons. The Morgan fingerprint density at radius 2 is 2.03 bits per heavy atom. The van der Waals surface area contributed by atoms with Crippen LogP contribution in [-0.2, 0) is 0 Å². The van der Waals surface area contributed by atoms with E-state index < -0.39 is 5.60 Å². The summed E-state index contributed by atoms with van der Waals surface area (Å²) in [6, 6.07) is 10.8. The van der Waals surface area contributed by atoms with Crippen LogP contribution < -0.4 is 10.1 Å². The molecule has 5 rings (SSSR count). The molecule has 0 bridgehead atoms. The molecular weight excluding hydrogens is 396 g/mol. The second-order valence-corrected chi connectivity index (χ2v) is 9.60. The van der Waals surface area contributed by atoms with Crippen LogP contribution in [0.4, 0.5) is 5.82 Å². The Labute approximate surface area is 179 Å². The lowest BCUT2D eigenvalue weighted by atomic mass is 9.84. The molecule has 4 aromatic rings. The summed E-state index contributed by atoms with van der Waals surface area (Å²) >= 11 is 1.72. The summed E-state index contributed by atoms with van der Waals surface area (Å²) in [7, 11) is 1.71. The number of aromatic nitrogens is 3. The fourth-order valence-electron chi connectivity index (χ4n) is 4.24. The summed E-state index contributed by atoms with van der Waals surface area (Å²) < 4.78 is 8.58. The van der Waals surface area contributed by atoms with Crippen molar-refractivity contribution in [1.82, 2.24) is 14.6 Å². The number of nitrogens with one attached hydrogen (secondary N) is 1. The van der Waals surface area contributed by atoms with E-state index in [-0.39, 0.29) is 0 Å². The van der Waals surface area contributed by atoms with Crippen LogP contribution in [0.15, 0.2) is 36.5 Å². The summed E-state index contributed by atoms with van der Waals surface area (Å²) in [4.78, 5) is 5.67. The third-order valence-corrected chi connectivity index (χ3v) is 7.18. The predicted octanol–water partition coefficient (Wildman–Crippen LogP) is 5.03. The molecule has 30 heavy (non-hydrogen) atoms. The Hall–Kier alpha value is -2.64. The molecule has 0 aliphatic heterocycles. The van der Waals surface area contributed by atoms with Gasteiger partial charge in [-0.25, -0.2) is 9.50 Å². The molecule has 3 aromatic heterocycles. The quantitative estimate of drug-likeness (QED) is 0.482. The Kier molecular flexibility index (Phi) is 4.67. The van der Waals surface area contributed by atoms with Crippen molar-refractivity contribution in [2.75, 3.05) is 12.4 Å². The van der Waals surface area contributed by atoms with Gasteiger partial charge in [-0.1, -0.05) is 0 Å². The van der Waals surface area contributed by atoms with E-state index in [4.69, 9.17) is 9.84 Å². The maximum Gasteiger partial charge on any atom is 0.154 e. The highest BCUT2D eigenvalue weighted by Gasteiger charge is 2.28. The van der Waals surface area contributed by atoms with E-state index >= 15 is 0 Å². The van der Waals surface area contributed by atoms with Crippen molar-refractivity contribution in [2.45, 2.75) is 51.2 Å². The molecule has 156 valence electrons. The van der Waals surface area contributed by atoms with Crippen LogP contribution in [0, 0.1) is 6.92 Å². The zero-order valence-electron chi connectivity index (χ0n) is 17.5. The minimum absolute atomic E-state index is 0.335. The highest BCUT2D eigenvalue weighted by Crippen LogP contribution is 2.37. The lowest BCUT2D eigenvalue weighted by Gasteiger charge is -2.33. The second-order valence-electron chi connectivity index (χ2n) is 8.52. The van der Waals surface area contributed by atoms with Gasteiger partial charge in [-0.3, -0.25) is 0 Å². The number of thiophene rings is 1. The van der Waals surface area contributed by atoms with Gasteiger partial charge in [-0.2, -0.15) is 0 Å². The first kappa shape index (κ1) is 19.3. The van der Waals surface area contributed by atoms with Gasteiger partial charge in [0.25, 0.3) is 0 Å². The number of fused-ring (bicyclic) bond motifs is 2. The first-order chi connectivity index (χ1) is 14.4. The highest BCUT2D eigenvalue weighted by molar-refractivity contribution is 7.22. The third kappa shape index (κ3) is 3.52. The van der Waals surface area contributed by atoms with Crippen LogP contribution in [-0.4, -0.2) is 38.5 Å². The Morgan fingerprint density at radius 3 is 2.80 bits per heavy atom. The number of aryl methyl sites for hydroxylation is 1. The number of nitrogens with zero attached hydrogens (tertiary/aromatic N) is 3. The average molecular weight is 423 g/mol. The van der Waals surface area contributed by atoms with Gasteiger partial charge in [-0.15, -0.1) is 16.4 Å². The molecule has 1 aliphatic carbocycles. The number of aliphatic hydroxyl groups is 1. The zero-order chi connectivity index (χ0) is 20.9. The fourth-order valence-corrected chi connectivity index (χ4v) is 5.31. The van der Waals surface area contributed by atoms with Gasteiger partial charge < -0.3 is 15.2 Å². The van der Waals surface area contributed by atoms with Crippen molar-refractivity contribution in [3.63, 3.8) is 0 Å². The zero-order valence-corrected chi connectivity index (χ0v) is 18.3. The first-order valence-corrected chi connectivity index (χ1v) is 11.2. The molecule has 2 N–H and O–H groups in total. The number of anilines is 1. The van der Waals surface area contributed by atoms with E-state index in [9.17, 15) is 5.11 Å². The molecule has 0 spiro atoms. The van der Waals surface area contributed by atoms with E-state index in [2.05, 4.69) is 35.4 Å². The van der Waals surface area contributed by atoms with E-state index in [1.54, 1.807) is 18.4 Å². The van der Waals surface area contributed by atoms with Crippen molar-refractivity contribution >= 4 is 32.9 Å². The second kappa shape index (κ2) is 7.25. The summed E-state index contributed by atoms with van der Waals surface area (Å²) in [5, 5.41) is 19.8. The molecule has 7 heteroatoms. The van der Waals surface area contributed by atoms with E-state index in [1.807, 2.05) is 29.8 Å². The Morgan fingerprint density at radius 1 is 1.23 bits per heavy atom. The molecule has 0 saturated heterocycles. The largest absolute Gasteiger partial charge is 0.496 e. The van der Waals surface area contributed by atoms with Gasteiger partial charge in [0.15, 0.2) is 5.65 Å². The van der Waals surface area contributed by atoms with Crippen LogP contribution in [0.2, 0.25) is 0 Å². The number of hydrogen-bond acceptors (Lipinski definition) is 6. The minimum Gasteiger partial charge on any atom is -0.496 e. The molecule has 6 nitrogen and oxygen atoms in total. The number of ether oxygens (including phenoxy) is 1. The maximum atomic E-state index is 10.2. The van der Waals surface area contributed by atoms with Crippen molar-refractivity contribution < 1.29 is 9.84 Å². The van der Waals surface area contributed by atoms with E-state index in [0.29, 0.717) is 6.04 Å². The third-order valence-electron chi connectivity index (χ3n) is 6.06. The van der Waals surface area contributed by atoms with Gasteiger partial charge in [0.05, 0.1) is 23.8 Å². The highest BCUT2D eigenvalue weighted by atomic mass is 32.1. The van der Waals surface area contributed by atoms with Gasteiger partial charge >= 0.3 is 0 Å².